The summed E-state index contributed by atoms with van der Waals surface area (Å²) < 4.78 is 34.2. The van der Waals surface area contributed by atoms with Gasteiger partial charge in [0.15, 0.2) is 0 Å². The molecule has 0 aliphatic carbocycles. The quantitative estimate of drug-likeness (QED) is 0.452. The van der Waals surface area contributed by atoms with Crippen LogP contribution in [0.1, 0.15) is 21.5 Å². The molecule has 0 heterocycles. The summed E-state index contributed by atoms with van der Waals surface area (Å²) in [6.45, 7) is -0.414. The summed E-state index contributed by atoms with van der Waals surface area (Å²) in [5.41, 5.74) is 1.70. The Kier molecular flexibility index (Phi) is 5.62. The van der Waals surface area contributed by atoms with Gasteiger partial charge in [-0.2, -0.15) is 8.42 Å². The summed E-state index contributed by atoms with van der Waals surface area (Å²) in [5, 5.41) is 0. The minimum atomic E-state index is -4.14. The first-order valence-electron chi connectivity index (χ1n) is 5.51. The van der Waals surface area contributed by atoms with Gasteiger partial charge >= 0.3 is 5.97 Å². The molecule has 0 unspecified atom stereocenters. The molecule has 0 spiro atoms. The van der Waals surface area contributed by atoms with E-state index in [-0.39, 0.29) is 18.2 Å². The Balaban J connectivity index is 2.76. The van der Waals surface area contributed by atoms with E-state index in [4.69, 9.17) is 25.0 Å². The van der Waals surface area contributed by atoms with Gasteiger partial charge in [0.05, 0.1) is 21.3 Å². The second-order valence-electron chi connectivity index (χ2n) is 3.87. The highest BCUT2D eigenvalue weighted by atomic mass is 32.2. The Morgan fingerprint density at radius 3 is 2.11 bits per heavy atom. The summed E-state index contributed by atoms with van der Waals surface area (Å²) >= 11 is 0. The maximum Gasteiger partial charge on any atom is 0.338 e. The molecule has 0 fully saturated rings. The van der Waals surface area contributed by atoms with Crippen LogP contribution in [-0.2, 0) is 27.5 Å². The predicted octanol–water partition coefficient (Wildman–Crippen LogP) is 0.0682. The first-order chi connectivity index (χ1) is 8.85. The van der Waals surface area contributed by atoms with E-state index in [0.29, 0.717) is 0 Å². The van der Waals surface area contributed by atoms with Crippen molar-refractivity contribution in [2.24, 2.45) is 0 Å². The fourth-order valence-corrected chi connectivity index (χ4v) is 1.73. The molecule has 0 aliphatic rings. The van der Waals surface area contributed by atoms with E-state index >= 15 is 0 Å². The van der Waals surface area contributed by atoms with Crippen molar-refractivity contribution in [3.8, 4) is 0 Å². The van der Waals surface area contributed by atoms with E-state index in [0.717, 1.165) is 11.1 Å². The lowest BCUT2D eigenvalue weighted by atomic mass is 9.89. The Morgan fingerprint density at radius 2 is 1.68 bits per heavy atom. The number of hydrogen-bond donors (Lipinski definition) is 1. The Bertz CT molecular complexity index is 534. The van der Waals surface area contributed by atoms with Gasteiger partial charge in [0.1, 0.15) is 12.4 Å². The van der Waals surface area contributed by atoms with Crippen LogP contribution in [0.4, 0.5) is 0 Å². The third-order valence-corrected chi connectivity index (χ3v) is 3.02. The standard InChI is InChI=1S/C11H12B2O5S/c12-6-8-3-9(7-13)5-10(4-8)11(14)18-1-2-19(15,16)17/h3-5H,1-2,6-7H2,(H,15,16,17). The highest BCUT2D eigenvalue weighted by molar-refractivity contribution is 7.85. The minimum Gasteiger partial charge on any atom is -0.461 e. The first kappa shape index (κ1) is 15.8. The molecular weight excluding hydrogens is 266 g/mol. The molecule has 8 heteroatoms. The topological polar surface area (TPSA) is 80.7 Å². The Morgan fingerprint density at radius 1 is 1.16 bits per heavy atom. The second-order valence-corrected chi connectivity index (χ2v) is 5.44. The van der Waals surface area contributed by atoms with E-state index in [9.17, 15) is 13.2 Å². The lowest BCUT2D eigenvalue weighted by molar-refractivity contribution is 0.0528. The van der Waals surface area contributed by atoms with E-state index in [2.05, 4.69) is 0 Å². The average molecular weight is 278 g/mol. The van der Waals surface area contributed by atoms with Crippen LogP contribution in [0, 0.1) is 0 Å². The fraction of sp³-hybridized carbons (Fsp3) is 0.364. The van der Waals surface area contributed by atoms with Gasteiger partial charge in [-0.05, 0) is 12.1 Å². The SMILES string of the molecule is [B]Cc1cc(C[B])cc(C(=O)OCCS(=O)(=O)O)c1. The Labute approximate surface area is 114 Å². The molecule has 0 amide bonds. The molecule has 5 nitrogen and oxygen atoms in total. The number of esters is 1. The zero-order valence-corrected chi connectivity index (χ0v) is 11.0. The van der Waals surface area contributed by atoms with Gasteiger partial charge in [-0.15, -0.1) is 0 Å². The molecule has 0 aromatic heterocycles. The summed E-state index contributed by atoms with van der Waals surface area (Å²) in [7, 11) is 6.84. The predicted molar refractivity (Wildman–Crippen MR) is 72.1 cm³/mol. The van der Waals surface area contributed by atoms with E-state index < -0.39 is 28.4 Å². The van der Waals surface area contributed by atoms with Crippen LogP contribution < -0.4 is 0 Å². The number of hydrogen-bond acceptors (Lipinski definition) is 4. The van der Waals surface area contributed by atoms with E-state index in [1.54, 1.807) is 18.2 Å². The maximum atomic E-state index is 11.7. The van der Waals surface area contributed by atoms with Gasteiger partial charge in [-0.1, -0.05) is 29.8 Å². The van der Waals surface area contributed by atoms with Gasteiger partial charge in [-0.3, -0.25) is 4.55 Å². The molecule has 19 heavy (non-hydrogen) atoms. The van der Waals surface area contributed by atoms with Crippen molar-refractivity contribution in [3.63, 3.8) is 0 Å². The maximum absolute atomic E-state index is 11.7. The van der Waals surface area contributed by atoms with Crippen molar-refractivity contribution in [2.75, 3.05) is 12.4 Å². The number of benzene rings is 1. The van der Waals surface area contributed by atoms with Crippen molar-refractivity contribution in [1.82, 2.24) is 0 Å². The van der Waals surface area contributed by atoms with Crippen LogP contribution in [0.3, 0.4) is 0 Å². The molecule has 1 aromatic carbocycles. The molecule has 0 saturated heterocycles. The largest absolute Gasteiger partial charge is 0.461 e. The van der Waals surface area contributed by atoms with Crippen molar-refractivity contribution < 1.29 is 22.5 Å². The molecule has 0 saturated carbocycles. The van der Waals surface area contributed by atoms with Crippen molar-refractivity contribution in [2.45, 2.75) is 12.6 Å². The van der Waals surface area contributed by atoms with Crippen LogP contribution in [0.25, 0.3) is 0 Å². The molecule has 4 radical (unpaired) electrons. The van der Waals surface area contributed by atoms with Crippen molar-refractivity contribution in [3.05, 3.63) is 34.9 Å². The van der Waals surface area contributed by atoms with Gasteiger partial charge in [0.25, 0.3) is 10.1 Å². The second kappa shape index (κ2) is 6.77. The van der Waals surface area contributed by atoms with Crippen molar-refractivity contribution in [1.29, 1.82) is 0 Å². The zero-order chi connectivity index (χ0) is 14.5. The average Bonchev–Trinajstić information content (AvgIpc) is 2.36. The van der Waals surface area contributed by atoms with Crippen LogP contribution in [0.15, 0.2) is 18.2 Å². The number of ether oxygens (including phenoxy) is 1. The van der Waals surface area contributed by atoms with Crippen LogP contribution in [0.2, 0.25) is 0 Å². The monoisotopic (exact) mass is 278 g/mol. The highest BCUT2D eigenvalue weighted by Gasteiger charge is 2.11. The Hall–Kier alpha value is -1.27. The molecule has 1 aromatic rings. The van der Waals surface area contributed by atoms with Crippen LogP contribution in [-0.4, -0.2) is 47.0 Å². The molecule has 0 aliphatic heterocycles. The molecule has 1 N–H and O–H groups in total. The lowest BCUT2D eigenvalue weighted by Gasteiger charge is -2.08. The summed E-state index contributed by atoms with van der Waals surface area (Å²) in [6.07, 6.45) is 0.498. The van der Waals surface area contributed by atoms with Gasteiger partial charge < -0.3 is 4.74 Å². The molecular formula is C11H12B2O5S. The van der Waals surface area contributed by atoms with Gasteiger partial charge in [0.2, 0.25) is 0 Å². The number of rotatable bonds is 6. The molecule has 0 bridgehead atoms. The van der Waals surface area contributed by atoms with Crippen LogP contribution in [0.5, 0.6) is 0 Å². The number of carbonyl (C=O) groups is 1. The van der Waals surface area contributed by atoms with Crippen LogP contribution >= 0.6 is 0 Å². The summed E-state index contributed by atoms with van der Waals surface area (Å²) in [6, 6.07) is 4.87. The smallest absolute Gasteiger partial charge is 0.338 e. The molecule has 1 rings (SSSR count). The van der Waals surface area contributed by atoms with E-state index in [1.165, 1.54) is 0 Å². The lowest BCUT2D eigenvalue weighted by Crippen LogP contribution is -2.15. The van der Waals surface area contributed by atoms with Gasteiger partial charge in [0, 0.05) is 0 Å². The summed E-state index contributed by atoms with van der Waals surface area (Å²) in [4.78, 5) is 11.7. The zero-order valence-electron chi connectivity index (χ0n) is 10.2. The third-order valence-electron chi connectivity index (χ3n) is 2.33. The van der Waals surface area contributed by atoms with Gasteiger partial charge in [-0.25, -0.2) is 4.79 Å². The highest BCUT2D eigenvalue weighted by Crippen LogP contribution is 2.12. The molecule has 0 atom stereocenters. The normalized spacial score (nSPS) is 11.2. The van der Waals surface area contributed by atoms with E-state index in [1.807, 2.05) is 0 Å². The first-order valence-corrected chi connectivity index (χ1v) is 7.12. The summed E-state index contributed by atoms with van der Waals surface area (Å²) in [5.74, 6) is -1.33. The van der Waals surface area contributed by atoms with Crippen molar-refractivity contribution >= 4 is 31.8 Å². The fourth-order valence-electron chi connectivity index (χ4n) is 1.44. The number of carbonyl (C=O) groups excluding carboxylic acids is 1. The minimum absolute atomic E-state index is 0.249. The third kappa shape index (κ3) is 5.48. The molecule has 98 valence electrons.